The SMILES string of the molecule is C=CC(=O)NCCCOCCCc1ccc2c(c1)nc(N)c1nc(CCCC)n(Cc3cc(OP(=O)(O)O)ccc3O)c12. The summed E-state index contributed by atoms with van der Waals surface area (Å²) >= 11 is 0. The highest BCUT2D eigenvalue weighted by atomic mass is 31.2. The molecule has 13 heteroatoms. The minimum Gasteiger partial charge on any atom is -0.508 e. The van der Waals surface area contributed by atoms with Gasteiger partial charge >= 0.3 is 7.82 Å². The monoisotopic (exact) mass is 611 g/mol. The summed E-state index contributed by atoms with van der Waals surface area (Å²) in [6.07, 6.45) is 6.07. The van der Waals surface area contributed by atoms with E-state index in [1.165, 1.54) is 24.3 Å². The van der Waals surface area contributed by atoms with Crippen LogP contribution in [0.15, 0.2) is 49.1 Å². The molecule has 1 amide bonds. The number of hydrogen-bond acceptors (Lipinski definition) is 8. The maximum absolute atomic E-state index is 11.4. The van der Waals surface area contributed by atoms with Crippen molar-refractivity contribution in [1.82, 2.24) is 19.9 Å². The molecule has 2 aromatic heterocycles. The van der Waals surface area contributed by atoms with E-state index in [1.807, 2.05) is 22.8 Å². The molecule has 0 spiro atoms. The number of anilines is 1. The number of nitrogens with zero attached hydrogens (tertiary/aromatic N) is 3. The number of aromatic nitrogens is 3. The molecule has 0 saturated carbocycles. The Labute approximate surface area is 249 Å². The van der Waals surface area contributed by atoms with Crippen molar-refractivity contribution >= 4 is 41.5 Å². The molecule has 43 heavy (non-hydrogen) atoms. The van der Waals surface area contributed by atoms with Crippen LogP contribution in [0.2, 0.25) is 0 Å². The Hall–Kier alpha value is -3.96. The smallest absolute Gasteiger partial charge is 0.508 e. The summed E-state index contributed by atoms with van der Waals surface area (Å²) in [6, 6.07) is 10.1. The lowest BCUT2D eigenvalue weighted by Gasteiger charge is -2.14. The quantitative estimate of drug-likeness (QED) is 0.0693. The van der Waals surface area contributed by atoms with Crippen LogP contribution in [0.5, 0.6) is 11.5 Å². The third-order valence-electron chi connectivity index (χ3n) is 6.91. The van der Waals surface area contributed by atoms with Crippen molar-refractivity contribution in [3.05, 3.63) is 66.0 Å². The van der Waals surface area contributed by atoms with Gasteiger partial charge < -0.3 is 30.0 Å². The van der Waals surface area contributed by atoms with Gasteiger partial charge in [-0.1, -0.05) is 32.1 Å². The first-order valence-corrected chi connectivity index (χ1v) is 15.7. The highest BCUT2D eigenvalue weighted by Crippen LogP contribution is 2.39. The second-order valence-electron chi connectivity index (χ2n) is 10.2. The number of nitrogens with two attached hydrogens (primary N) is 1. The number of ether oxygens (including phenoxy) is 1. The van der Waals surface area contributed by atoms with Crippen molar-refractivity contribution in [1.29, 1.82) is 0 Å². The van der Waals surface area contributed by atoms with E-state index >= 15 is 0 Å². The van der Waals surface area contributed by atoms with Gasteiger partial charge in [0.1, 0.15) is 22.8 Å². The number of phosphoric ester groups is 1. The molecule has 4 rings (SSSR count). The lowest BCUT2D eigenvalue weighted by Crippen LogP contribution is -2.22. The molecule has 0 aliphatic rings. The molecule has 2 aromatic carbocycles. The molecule has 0 aliphatic heterocycles. The molecule has 6 N–H and O–H groups in total. The first-order chi connectivity index (χ1) is 20.6. The van der Waals surface area contributed by atoms with Gasteiger partial charge in [-0.25, -0.2) is 14.5 Å². The second kappa shape index (κ2) is 14.5. The van der Waals surface area contributed by atoms with E-state index in [9.17, 15) is 24.3 Å². The predicted molar refractivity (Wildman–Crippen MR) is 165 cm³/mol. The van der Waals surface area contributed by atoms with Gasteiger partial charge in [0.05, 0.1) is 17.6 Å². The average molecular weight is 612 g/mol. The lowest BCUT2D eigenvalue weighted by molar-refractivity contribution is -0.116. The number of nitrogens with one attached hydrogen (secondary N) is 1. The van der Waals surface area contributed by atoms with Crippen LogP contribution in [0.1, 0.15) is 49.6 Å². The number of amides is 1. The fourth-order valence-corrected chi connectivity index (χ4v) is 5.23. The highest BCUT2D eigenvalue weighted by Gasteiger charge is 2.21. The minimum absolute atomic E-state index is 0.0429. The Kier molecular flexibility index (Phi) is 10.8. The number of carbonyl (C=O) groups is 1. The number of unbranched alkanes of at least 4 members (excludes halogenated alkanes) is 1. The number of fused-ring (bicyclic) bond motifs is 3. The fraction of sp³-hybridized carbons (Fsp3) is 0.367. The summed E-state index contributed by atoms with van der Waals surface area (Å²) < 4.78 is 23.8. The van der Waals surface area contributed by atoms with Crippen LogP contribution in [-0.2, 0) is 33.5 Å². The van der Waals surface area contributed by atoms with E-state index in [-0.39, 0.29) is 24.0 Å². The second-order valence-corrected chi connectivity index (χ2v) is 11.4. The van der Waals surface area contributed by atoms with Gasteiger partial charge in [-0.15, -0.1) is 0 Å². The van der Waals surface area contributed by atoms with E-state index in [1.54, 1.807) is 0 Å². The van der Waals surface area contributed by atoms with Crippen molar-refractivity contribution in [2.24, 2.45) is 0 Å². The molecular formula is C30H38N5O7P. The van der Waals surface area contributed by atoms with Crippen LogP contribution < -0.4 is 15.6 Å². The number of carbonyl (C=O) groups excluding carboxylic acids is 1. The highest BCUT2D eigenvalue weighted by molar-refractivity contribution is 7.46. The van der Waals surface area contributed by atoms with Crippen LogP contribution in [0.25, 0.3) is 21.9 Å². The maximum atomic E-state index is 11.4. The third-order valence-corrected chi connectivity index (χ3v) is 7.36. The van der Waals surface area contributed by atoms with Crippen molar-refractivity contribution in [2.45, 2.75) is 52.0 Å². The number of hydrogen-bond donors (Lipinski definition) is 5. The molecule has 0 atom stereocenters. The molecule has 2 heterocycles. The summed E-state index contributed by atoms with van der Waals surface area (Å²) in [5.41, 5.74) is 9.95. The Bertz CT molecular complexity index is 1650. The van der Waals surface area contributed by atoms with Gasteiger partial charge in [0.2, 0.25) is 5.91 Å². The summed E-state index contributed by atoms with van der Waals surface area (Å²) in [5, 5.41) is 14.2. The zero-order valence-electron chi connectivity index (χ0n) is 24.2. The van der Waals surface area contributed by atoms with E-state index in [4.69, 9.17) is 20.0 Å². The van der Waals surface area contributed by atoms with E-state index < -0.39 is 7.82 Å². The number of phenolic OH excluding ortho intramolecular Hbond substituents is 1. The fourth-order valence-electron chi connectivity index (χ4n) is 4.85. The van der Waals surface area contributed by atoms with Gasteiger partial charge in [-0.2, -0.15) is 0 Å². The van der Waals surface area contributed by atoms with Crippen LogP contribution in [-0.4, -0.2) is 55.1 Å². The average Bonchev–Trinajstić information content (AvgIpc) is 3.32. The van der Waals surface area contributed by atoms with Crippen molar-refractivity contribution < 1.29 is 33.5 Å². The number of nitrogen functional groups attached to an aromatic ring is 1. The van der Waals surface area contributed by atoms with E-state index in [2.05, 4.69) is 23.8 Å². The molecule has 230 valence electrons. The number of pyridine rings is 1. The summed E-state index contributed by atoms with van der Waals surface area (Å²) in [7, 11) is -4.77. The van der Waals surface area contributed by atoms with Crippen LogP contribution >= 0.6 is 7.82 Å². The van der Waals surface area contributed by atoms with Crippen LogP contribution in [0.3, 0.4) is 0 Å². The van der Waals surface area contributed by atoms with Crippen molar-refractivity contribution in [3.63, 3.8) is 0 Å². The zero-order chi connectivity index (χ0) is 31.0. The standard InChI is InChI=1S/C30H38N5O7P/c1-3-5-9-26-34-28-29(35(26)19-21-18-22(11-13-25(21)36)42-43(38,39)40)23-12-10-20(17-24(23)33-30(28)31)8-6-15-41-16-7-14-32-27(37)4-2/h4,10-13,17-18,36H,2-3,5-9,14-16,19H2,1H3,(H2,31,33)(H,32,37)(H2,38,39,40). The van der Waals surface area contributed by atoms with Crippen molar-refractivity contribution in [2.75, 3.05) is 25.5 Å². The normalized spacial score (nSPS) is 11.7. The number of phosphoric acid groups is 1. The number of phenols is 1. The van der Waals surface area contributed by atoms with Gasteiger partial charge in [-0.3, -0.25) is 14.6 Å². The number of imidazole rings is 1. The number of benzene rings is 2. The molecule has 0 radical (unpaired) electrons. The first-order valence-electron chi connectivity index (χ1n) is 14.2. The Morgan fingerprint density at radius 1 is 1.12 bits per heavy atom. The Morgan fingerprint density at radius 2 is 1.91 bits per heavy atom. The summed E-state index contributed by atoms with van der Waals surface area (Å²) in [5.74, 6) is 0.774. The van der Waals surface area contributed by atoms with Crippen LogP contribution in [0, 0.1) is 0 Å². The van der Waals surface area contributed by atoms with Gasteiger partial charge in [0, 0.05) is 37.1 Å². The van der Waals surface area contributed by atoms with Gasteiger partial charge in [-0.05, 0) is 61.6 Å². The number of rotatable bonds is 16. The molecule has 4 aromatic rings. The van der Waals surface area contributed by atoms with Gasteiger partial charge in [0.25, 0.3) is 0 Å². The third kappa shape index (κ3) is 8.55. The molecular weight excluding hydrogens is 573 g/mol. The largest absolute Gasteiger partial charge is 0.524 e. The first kappa shape index (κ1) is 32.0. The Morgan fingerprint density at radius 3 is 2.65 bits per heavy atom. The molecule has 0 bridgehead atoms. The van der Waals surface area contributed by atoms with Gasteiger partial charge in [0.15, 0.2) is 5.82 Å². The molecule has 12 nitrogen and oxygen atoms in total. The van der Waals surface area contributed by atoms with Crippen molar-refractivity contribution in [3.8, 4) is 11.5 Å². The Balaban J connectivity index is 1.58. The summed E-state index contributed by atoms with van der Waals surface area (Å²) in [6.45, 7) is 7.37. The molecule has 0 saturated heterocycles. The minimum atomic E-state index is -4.77. The maximum Gasteiger partial charge on any atom is 0.524 e. The van der Waals surface area contributed by atoms with Crippen LogP contribution in [0.4, 0.5) is 5.82 Å². The topological polar surface area (TPSA) is 182 Å². The zero-order valence-corrected chi connectivity index (χ0v) is 25.1. The molecule has 0 unspecified atom stereocenters. The predicted octanol–water partition coefficient (Wildman–Crippen LogP) is 4.38. The molecule has 0 fully saturated rings. The number of aromatic hydroxyl groups is 1. The van der Waals surface area contributed by atoms with E-state index in [0.29, 0.717) is 48.6 Å². The lowest BCUT2D eigenvalue weighted by atomic mass is 10.1. The van der Waals surface area contributed by atoms with E-state index in [0.717, 1.165) is 54.4 Å². The number of aryl methyl sites for hydroxylation is 2. The molecule has 0 aliphatic carbocycles. The summed E-state index contributed by atoms with van der Waals surface area (Å²) in [4.78, 5) is 39.1.